The Hall–Kier alpha value is -1.13. The van der Waals surface area contributed by atoms with Crippen LogP contribution < -0.4 is 10.1 Å². The van der Waals surface area contributed by atoms with E-state index in [1.54, 1.807) is 24.3 Å². The highest BCUT2D eigenvalue weighted by Gasteiger charge is 2.13. The van der Waals surface area contributed by atoms with Crippen molar-refractivity contribution in [2.45, 2.75) is 0 Å². The molecule has 0 unspecified atom stereocenters. The highest BCUT2D eigenvalue weighted by atomic mass is 35.5. The molecule has 2 aromatic carbocycles. The van der Waals surface area contributed by atoms with Gasteiger partial charge in [0, 0.05) is 11.1 Å². The van der Waals surface area contributed by atoms with Crippen molar-refractivity contribution >= 4 is 58.2 Å². The number of para-hydroxylation sites is 1. The summed E-state index contributed by atoms with van der Waals surface area (Å²) in [5, 5.41) is 3.70. The van der Waals surface area contributed by atoms with E-state index in [0.29, 0.717) is 15.1 Å². The summed E-state index contributed by atoms with van der Waals surface area (Å²) in [6.07, 6.45) is -0.774. The van der Waals surface area contributed by atoms with Crippen molar-refractivity contribution in [3.05, 3.63) is 56.5 Å². The largest absolute Gasteiger partial charge is 0.417 e. The molecule has 0 aliphatic heterocycles. The lowest BCUT2D eigenvalue weighted by atomic mass is 10.3. The van der Waals surface area contributed by atoms with Crippen LogP contribution in [0.25, 0.3) is 0 Å². The summed E-state index contributed by atoms with van der Waals surface area (Å²) in [4.78, 5) is 11.8. The van der Waals surface area contributed by atoms with E-state index in [0.717, 1.165) is 0 Å². The van der Waals surface area contributed by atoms with E-state index in [1.807, 2.05) is 0 Å². The average molecular weight is 351 g/mol. The Kier molecular flexibility index (Phi) is 5.00. The highest BCUT2D eigenvalue weighted by Crippen LogP contribution is 2.31. The molecule has 0 radical (unpaired) electrons. The van der Waals surface area contributed by atoms with Crippen LogP contribution in [0.3, 0.4) is 0 Å². The normalized spacial score (nSPS) is 10.2. The minimum atomic E-state index is -0.774. The molecule has 3 nitrogen and oxygen atoms in total. The van der Waals surface area contributed by atoms with Crippen LogP contribution in [0.2, 0.25) is 20.1 Å². The number of carbonyl (C=O) groups excluding carboxylic acids is 1. The number of rotatable bonds is 2. The van der Waals surface area contributed by atoms with Crippen LogP contribution in [-0.4, -0.2) is 6.09 Å². The van der Waals surface area contributed by atoms with Gasteiger partial charge in [-0.1, -0.05) is 52.5 Å². The Bertz CT molecular complexity index is 641. The van der Waals surface area contributed by atoms with Crippen molar-refractivity contribution in [3.8, 4) is 5.75 Å². The predicted molar refractivity (Wildman–Crippen MR) is 82.6 cm³/mol. The van der Waals surface area contributed by atoms with Crippen molar-refractivity contribution in [2.75, 3.05) is 5.32 Å². The quantitative estimate of drug-likeness (QED) is 0.730. The minimum Gasteiger partial charge on any atom is -0.408 e. The molecule has 104 valence electrons. The third-order valence-electron chi connectivity index (χ3n) is 2.29. The highest BCUT2D eigenvalue weighted by molar-refractivity contribution is 6.39. The van der Waals surface area contributed by atoms with E-state index in [2.05, 4.69) is 5.32 Å². The Morgan fingerprint density at radius 3 is 2.25 bits per heavy atom. The SMILES string of the molecule is O=C(Nc1c(Cl)cccc1Cl)Oc1cc(Cl)ccc1Cl. The number of anilines is 1. The van der Waals surface area contributed by atoms with Crippen molar-refractivity contribution in [1.82, 2.24) is 0 Å². The first kappa shape index (κ1) is 15.3. The maximum atomic E-state index is 11.8. The van der Waals surface area contributed by atoms with E-state index in [-0.39, 0.29) is 16.5 Å². The molecule has 0 saturated carbocycles. The molecule has 7 heteroatoms. The Balaban J connectivity index is 2.15. The smallest absolute Gasteiger partial charge is 0.408 e. The van der Waals surface area contributed by atoms with Gasteiger partial charge in [-0.2, -0.15) is 0 Å². The van der Waals surface area contributed by atoms with Gasteiger partial charge < -0.3 is 4.74 Å². The standard InChI is InChI=1S/C13H7Cl4NO2/c14-7-4-5-8(15)11(6-7)20-13(19)18-12-9(16)2-1-3-10(12)17/h1-6H,(H,18,19). The maximum Gasteiger partial charge on any atom is 0.417 e. The number of halogens is 4. The number of benzene rings is 2. The first-order chi connectivity index (χ1) is 9.47. The van der Waals surface area contributed by atoms with Gasteiger partial charge in [-0.15, -0.1) is 0 Å². The summed E-state index contributed by atoms with van der Waals surface area (Å²) in [6.45, 7) is 0. The number of nitrogens with one attached hydrogen (secondary N) is 1. The Labute approximate surface area is 135 Å². The molecule has 0 fully saturated rings. The van der Waals surface area contributed by atoms with Gasteiger partial charge in [-0.25, -0.2) is 4.79 Å². The monoisotopic (exact) mass is 349 g/mol. The lowest BCUT2D eigenvalue weighted by Gasteiger charge is -2.10. The van der Waals surface area contributed by atoms with E-state index >= 15 is 0 Å². The van der Waals surface area contributed by atoms with Crippen molar-refractivity contribution in [3.63, 3.8) is 0 Å². The molecular weight excluding hydrogens is 344 g/mol. The van der Waals surface area contributed by atoms with Gasteiger partial charge >= 0.3 is 6.09 Å². The second-order valence-corrected chi connectivity index (χ2v) is 5.34. The number of ether oxygens (including phenoxy) is 1. The summed E-state index contributed by atoms with van der Waals surface area (Å²) in [7, 11) is 0. The van der Waals surface area contributed by atoms with Gasteiger partial charge in [0.05, 0.1) is 20.8 Å². The number of hydrogen-bond donors (Lipinski definition) is 1. The predicted octanol–water partition coefficient (Wildman–Crippen LogP) is 5.91. The molecule has 0 aromatic heterocycles. The Morgan fingerprint density at radius 2 is 1.60 bits per heavy atom. The molecule has 1 amide bonds. The molecule has 0 saturated heterocycles. The zero-order valence-corrected chi connectivity index (χ0v) is 12.8. The van der Waals surface area contributed by atoms with Crippen molar-refractivity contribution in [2.24, 2.45) is 0 Å². The fourth-order valence-corrected chi connectivity index (χ4v) is 2.21. The molecule has 2 rings (SSSR count). The van der Waals surface area contributed by atoms with Crippen LogP contribution in [0.15, 0.2) is 36.4 Å². The first-order valence-corrected chi connectivity index (χ1v) is 6.86. The molecule has 1 N–H and O–H groups in total. The molecule has 20 heavy (non-hydrogen) atoms. The second-order valence-electron chi connectivity index (χ2n) is 3.69. The number of hydrogen-bond acceptors (Lipinski definition) is 2. The number of amides is 1. The molecule has 0 bridgehead atoms. The molecule has 2 aromatic rings. The lowest BCUT2D eigenvalue weighted by Crippen LogP contribution is -2.17. The summed E-state index contributed by atoms with van der Waals surface area (Å²) in [6, 6.07) is 9.38. The zero-order chi connectivity index (χ0) is 14.7. The van der Waals surface area contributed by atoms with Crippen molar-refractivity contribution in [1.29, 1.82) is 0 Å². The van der Waals surface area contributed by atoms with Gasteiger partial charge in [0.2, 0.25) is 0 Å². The van der Waals surface area contributed by atoms with Gasteiger partial charge in [-0.3, -0.25) is 5.32 Å². The summed E-state index contributed by atoms with van der Waals surface area (Å²) < 4.78 is 5.06. The van der Waals surface area contributed by atoms with Crippen LogP contribution in [-0.2, 0) is 0 Å². The van der Waals surface area contributed by atoms with Crippen LogP contribution in [0.1, 0.15) is 0 Å². The van der Waals surface area contributed by atoms with Crippen molar-refractivity contribution < 1.29 is 9.53 Å². The molecule has 0 heterocycles. The fourth-order valence-electron chi connectivity index (χ4n) is 1.40. The third kappa shape index (κ3) is 3.70. The van der Waals surface area contributed by atoms with E-state index in [4.69, 9.17) is 51.1 Å². The fraction of sp³-hybridized carbons (Fsp3) is 0. The number of carbonyl (C=O) groups is 1. The molecule has 0 aliphatic carbocycles. The molecular formula is C13H7Cl4NO2. The lowest BCUT2D eigenvalue weighted by molar-refractivity contribution is 0.215. The topological polar surface area (TPSA) is 38.3 Å². The van der Waals surface area contributed by atoms with Gasteiger partial charge in [0.25, 0.3) is 0 Å². The van der Waals surface area contributed by atoms with E-state index in [1.165, 1.54) is 12.1 Å². The molecule has 0 atom stereocenters. The van der Waals surface area contributed by atoms with Crippen LogP contribution >= 0.6 is 46.4 Å². The zero-order valence-electron chi connectivity index (χ0n) is 9.79. The minimum absolute atomic E-state index is 0.139. The van der Waals surface area contributed by atoms with Gasteiger partial charge in [0.1, 0.15) is 0 Å². The van der Waals surface area contributed by atoms with E-state index in [9.17, 15) is 4.79 Å². The maximum absolute atomic E-state index is 11.8. The van der Waals surface area contributed by atoms with Crippen LogP contribution in [0.5, 0.6) is 5.75 Å². The van der Waals surface area contributed by atoms with Crippen LogP contribution in [0, 0.1) is 0 Å². The summed E-state index contributed by atoms with van der Waals surface area (Å²) in [5.74, 6) is 0.139. The van der Waals surface area contributed by atoms with E-state index < -0.39 is 6.09 Å². The average Bonchev–Trinajstić information content (AvgIpc) is 2.38. The van der Waals surface area contributed by atoms with Gasteiger partial charge in [-0.05, 0) is 24.3 Å². The van der Waals surface area contributed by atoms with Crippen LogP contribution in [0.4, 0.5) is 10.5 Å². The summed E-state index contributed by atoms with van der Waals surface area (Å²) in [5.41, 5.74) is 0.263. The summed E-state index contributed by atoms with van der Waals surface area (Å²) >= 11 is 23.6. The third-order valence-corrected chi connectivity index (χ3v) is 3.46. The first-order valence-electron chi connectivity index (χ1n) is 5.35. The molecule has 0 aliphatic rings. The second kappa shape index (κ2) is 6.55. The molecule has 0 spiro atoms. The Morgan fingerprint density at radius 1 is 0.950 bits per heavy atom. The van der Waals surface area contributed by atoms with Gasteiger partial charge in [0.15, 0.2) is 5.75 Å².